The predicted molar refractivity (Wildman–Crippen MR) is 179 cm³/mol. The summed E-state index contributed by atoms with van der Waals surface area (Å²) in [4.78, 5) is 24.8. The number of hydrogen-bond donors (Lipinski definition) is 1. The van der Waals surface area contributed by atoms with Gasteiger partial charge < -0.3 is 15.1 Å². The monoisotopic (exact) mass is 622 g/mol. The number of thiophene rings is 1. The number of piperazine rings is 1. The number of fused-ring (bicyclic) bond motifs is 1. The van der Waals surface area contributed by atoms with E-state index in [1.165, 1.54) is 30.6 Å². The van der Waals surface area contributed by atoms with Gasteiger partial charge in [0.15, 0.2) is 0 Å². The molecule has 1 saturated carbocycles. The number of carbonyl (C=O) groups is 1. The molecule has 4 heterocycles. The second-order valence-electron chi connectivity index (χ2n) is 12.0. The maximum Gasteiger partial charge on any atom is 0.253 e. The van der Waals surface area contributed by atoms with Crippen LogP contribution in [0.4, 0.5) is 5.69 Å². The lowest BCUT2D eigenvalue weighted by molar-refractivity contribution is 0.0773. The number of nitrogens with one attached hydrogen (secondary N) is 1. The summed E-state index contributed by atoms with van der Waals surface area (Å²) in [5, 5.41) is 6.27. The first-order valence-electron chi connectivity index (χ1n) is 16.2. The predicted octanol–water partition coefficient (Wildman–Crippen LogP) is 5.16. The highest BCUT2D eigenvalue weighted by atomic mass is 32.2. The van der Waals surface area contributed by atoms with Gasteiger partial charge in [-0.3, -0.25) is 9.69 Å². The summed E-state index contributed by atoms with van der Waals surface area (Å²) in [5.74, 6) is 0.0742. The molecule has 3 fully saturated rings. The summed E-state index contributed by atoms with van der Waals surface area (Å²) in [7, 11) is -0.736. The zero-order valence-electron chi connectivity index (χ0n) is 25.7. The minimum absolute atomic E-state index is 0.0742. The first-order chi connectivity index (χ1) is 21.0. The Labute approximate surface area is 263 Å². The Balaban J connectivity index is 0.976. The molecule has 1 aliphatic carbocycles. The molecule has 2 saturated heterocycles. The highest BCUT2D eigenvalue weighted by Crippen LogP contribution is 2.32. The zero-order chi connectivity index (χ0) is 29.8. The maximum atomic E-state index is 12.7. The third-order valence-corrected chi connectivity index (χ3v) is 12.1. The van der Waals surface area contributed by atoms with E-state index in [0.717, 1.165) is 86.6 Å². The molecule has 3 aliphatic rings. The van der Waals surface area contributed by atoms with E-state index in [4.69, 9.17) is 4.98 Å². The molecule has 0 radical (unpaired) electrons. The quantitative estimate of drug-likeness (QED) is 0.282. The Hall–Kier alpha value is -2.37. The number of carbonyl (C=O) groups excluding carboxylic acids is 1. The lowest BCUT2D eigenvalue weighted by Gasteiger charge is -2.42. The highest BCUT2D eigenvalue weighted by molar-refractivity contribution is 7.83. The number of anilines is 1. The van der Waals surface area contributed by atoms with Gasteiger partial charge in [-0.15, -0.1) is 11.3 Å². The Bertz CT molecular complexity index is 1390. The topological polar surface area (TPSA) is 72.0 Å². The van der Waals surface area contributed by atoms with Crippen LogP contribution in [0.5, 0.6) is 0 Å². The van der Waals surface area contributed by atoms with Crippen molar-refractivity contribution in [3.8, 4) is 11.3 Å². The van der Waals surface area contributed by atoms with E-state index < -0.39 is 11.0 Å². The van der Waals surface area contributed by atoms with Crippen molar-refractivity contribution in [3.63, 3.8) is 0 Å². The first-order valence-corrected chi connectivity index (χ1v) is 18.2. The number of likely N-dealkylation sites (tertiary alicyclic amines) is 1. The van der Waals surface area contributed by atoms with Crippen molar-refractivity contribution in [2.24, 2.45) is 0 Å². The van der Waals surface area contributed by atoms with Crippen LogP contribution >= 0.6 is 11.3 Å². The summed E-state index contributed by atoms with van der Waals surface area (Å²) in [5.41, 5.74) is 4.81. The molecular weight excluding hydrogens is 577 g/mol. The molecule has 1 atom stereocenters. The fraction of sp³-hybridized carbons (Fsp3) is 0.576. The van der Waals surface area contributed by atoms with Gasteiger partial charge in [-0.1, -0.05) is 12.1 Å². The summed E-state index contributed by atoms with van der Waals surface area (Å²) < 4.78 is 15.9. The largest absolute Gasteiger partial charge is 0.384 e. The molecule has 0 spiro atoms. The van der Waals surface area contributed by atoms with E-state index in [1.807, 2.05) is 43.0 Å². The smallest absolute Gasteiger partial charge is 0.253 e. The van der Waals surface area contributed by atoms with E-state index in [9.17, 15) is 9.00 Å². The molecule has 1 N–H and O–H groups in total. The molecule has 232 valence electrons. The number of hydrogen-bond acceptors (Lipinski definition) is 7. The van der Waals surface area contributed by atoms with Crippen molar-refractivity contribution in [2.45, 2.75) is 57.2 Å². The molecule has 6 rings (SSSR count). The third kappa shape index (κ3) is 7.31. The van der Waals surface area contributed by atoms with Crippen molar-refractivity contribution < 1.29 is 9.00 Å². The molecule has 3 aromatic rings. The van der Waals surface area contributed by atoms with Crippen molar-refractivity contribution in [3.05, 3.63) is 47.3 Å². The Kier molecular flexibility index (Phi) is 10.1. The normalized spacial score (nSPS) is 20.0. The summed E-state index contributed by atoms with van der Waals surface area (Å²) in [6.07, 6.45) is 5.88. The SMILES string of the molecule is CCN(CC)C(=O)c1ccc(-c2cc(NCCCN3CCC(N4CCN(S(=O)C5CC5)CC4)CC3)c3sccc3n2)cc1. The molecule has 0 bridgehead atoms. The Morgan fingerprint density at radius 2 is 1.72 bits per heavy atom. The summed E-state index contributed by atoms with van der Waals surface area (Å²) in [6, 6.07) is 12.8. The van der Waals surface area contributed by atoms with Gasteiger partial charge in [-0.05, 0) is 95.2 Å². The van der Waals surface area contributed by atoms with Gasteiger partial charge in [0.1, 0.15) is 0 Å². The molecule has 1 aromatic carbocycles. The summed E-state index contributed by atoms with van der Waals surface area (Å²) >= 11 is 1.73. The van der Waals surface area contributed by atoms with Crippen molar-refractivity contribution >= 4 is 44.1 Å². The van der Waals surface area contributed by atoms with Gasteiger partial charge in [-0.2, -0.15) is 0 Å². The second kappa shape index (κ2) is 14.2. The highest BCUT2D eigenvalue weighted by Gasteiger charge is 2.35. The van der Waals surface area contributed by atoms with Gasteiger partial charge in [0.25, 0.3) is 5.91 Å². The van der Waals surface area contributed by atoms with Crippen LogP contribution in [-0.2, 0) is 11.0 Å². The van der Waals surface area contributed by atoms with Crippen molar-refractivity contribution in [2.75, 3.05) is 70.8 Å². The molecular formula is C33H46N6O2S2. The molecule has 2 aliphatic heterocycles. The van der Waals surface area contributed by atoms with Gasteiger partial charge in [0, 0.05) is 68.2 Å². The van der Waals surface area contributed by atoms with E-state index in [2.05, 4.69) is 36.9 Å². The number of benzene rings is 1. The van der Waals surface area contributed by atoms with E-state index >= 15 is 0 Å². The number of aromatic nitrogens is 1. The van der Waals surface area contributed by atoms with Crippen molar-refractivity contribution in [1.29, 1.82) is 0 Å². The zero-order valence-corrected chi connectivity index (χ0v) is 27.3. The number of rotatable bonds is 12. The average molecular weight is 623 g/mol. The van der Waals surface area contributed by atoms with Crippen LogP contribution in [0.1, 0.15) is 56.3 Å². The minimum Gasteiger partial charge on any atom is -0.384 e. The number of nitrogens with zero attached hydrogens (tertiary/aromatic N) is 5. The Morgan fingerprint density at radius 1 is 1.00 bits per heavy atom. The van der Waals surface area contributed by atoms with Crippen LogP contribution in [0.2, 0.25) is 0 Å². The number of piperidine rings is 1. The van der Waals surface area contributed by atoms with Gasteiger partial charge in [-0.25, -0.2) is 13.5 Å². The molecule has 1 amide bonds. The van der Waals surface area contributed by atoms with Crippen molar-refractivity contribution in [1.82, 2.24) is 24.0 Å². The lowest BCUT2D eigenvalue weighted by atomic mass is 10.0. The van der Waals surface area contributed by atoms with Crippen LogP contribution in [0.3, 0.4) is 0 Å². The van der Waals surface area contributed by atoms with E-state index in [1.54, 1.807) is 11.3 Å². The third-order valence-electron chi connectivity index (χ3n) is 9.27. The van der Waals surface area contributed by atoms with Crippen LogP contribution in [0, 0.1) is 0 Å². The fourth-order valence-electron chi connectivity index (χ4n) is 6.48. The van der Waals surface area contributed by atoms with Crippen LogP contribution in [-0.4, -0.2) is 111 Å². The van der Waals surface area contributed by atoms with Crippen LogP contribution in [0.25, 0.3) is 21.5 Å². The van der Waals surface area contributed by atoms with Gasteiger partial charge in [0.2, 0.25) is 0 Å². The molecule has 8 nitrogen and oxygen atoms in total. The molecule has 2 aromatic heterocycles. The summed E-state index contributed by atoms with van der Waals surface area (Å²) in [6.45, 7) is 13.9. The number of pyridine rings is 1. The van der Waals surface area contributed by atoms with E-state index in [0.29, 0.717) is 24.4 Å². The molecule has 10 heteroatoms. The second-order valence-corrected chi connectivity index (χ2v) is 14.7. The van der Waals surface area contributed by atoms with Crippen LogP contribution in [0.15, 0.2) is 41.8 Å². The van der Waals surface area contributed by atoms with Gasteiger partial charge in [0.05, 0.1) is 32.6 Å². The minimum atomic E-state index is -0.736. The van der Waals surface area contributed by atoms with E-state index in [-0.39, 0.29) is 5.91 Å². The molecule has 1 unspecified atom stereocenters. The fourth-order valence-corrected chi connectivity index (χ4v) is 8.79. The number of amides is 1. The first kappa shape index (κ1) is 30.6. The van der Waals surface area contributed by atoms with Gasteiger partial charge >= 0.3 is 0 Å². The Morgan fingerprint density at radius 3 is 2.40 bits per heavy atom. The average Bonchev–Trinajstić information content (AvgIpc) is 3.80. The molecule has 43 heavy (non-hydrogen) atoms. The lowest BCUT2D eigenvalue weighted by Crippen LogP contribution is -2.53. The standard InChI is InChI=1S/C33H46N6O2S2/c1-3-37(4-2)33(40)26-8-6-25(7-9-26)30-24-31(32-29(35-30)14-23-42-32)34-15-5-16-36-17-12-27(13-18-36)38-19-21-39(22-20-38)43(41)28-10-11-28/h6-9,14,23-24,27-28H,3-5,10-13,15-22H2,1-2H3,(H,34,35). The maximum absolute atomic E-state index is 12.7. The van der Waals surface area contributed by atoms with Crippen LogP contribution < -0.4 is 5.32 Å².